The fourth-order valence-electron chi connectivity index (χ4n) is 1.23. The molecule has 0 saturated carbocycles. The van der Waals surface area contributed by atoms with E-state index in [4.69, 9.17) is 5.53 Å². The van der Waals surface area contributed by atoms with Gasteiger partial charge in [-0.1, -0.05) is 11.2 Å². The molecule has 0 spiro atoms. The number of carbonyl (C=O) groups excluding carboxylic acids is 1. The van der Waals surface area contributed by atoms with E-state index in [-0.39, 0.29) is 17.2 Å². The van der Waals surface area contributed by atoms with Crippen molar-refractivity contribution in [3.63, 3.8) is 0 Å². The standard InChI is InChI=1S/C10H13N5O2/c11-15-13-7-2-1-6-12-10(17)8-4-3-5-9(16)14-8/h3-5H,1-2,6-7H2,(H,12,17)(H,14,16). The van der Waals surface area contributed by atoms with Gasteiger partial charge < -0.3 is 10.3 Å². The van der Waals surface area contributed by atoms with Crippen LogP contribution in [0.1, 0.15) is 23.3 Å². The molecule has 1 rings (SSSR count). The summed E-state index contributed by atoms with van der Waals surface area (Å²) < 4.78 is 0. The zero-order chi connectivity index (χ0) is 12.5. The van der Waals surface area contributed by atoms with Crippen molar-refractivity contribution in [2.45, 2.75) is 12.8 Å². The Bertz CT molecular complexity index is 476. The zero-order valence-corrected chi connectivity index (χ0v) is 9.22. The van der Waals surface area contributed by atoms with Gasteiger partial charge in [-0.2, -0.15) is 0 Å². The number of hydrogen-bond acceptors (Lipinski definition) is 3. The topological polar surface area (TPSA) is 111 Å². The second-order valence-corrected chi connectivity index (χ2v) is 3.35. The maximum absolute atomic E-state index is 11.5. The van der Waals surface area contributed by atoms with Crippen LogP contribution in [0, 0.1) is 0 Å². The maximum Gasteiger partial charge on any atom is 0.267 e. The first-order valence-electron chi connectivity index (χ1n) is 5.22. The lowest BCUT2D eigenvalue weighted by atomic mass is 10.3. The zero-order valence-electron chi connectivity index (χ0n) is 9.22. The quantitative estimate of drug-likeness (QED) is 0.334. The minimum Gasteiger partial charge on any atom is -0.351 e. The van der Waals surface area contributed by atoms with E-state index in [1.807, 2.05) is 0 Å². The average Bonchev–Trinajstić information content (AvgIpc) is 2.33. The van der Waals surface area contributed by atoms with E-state index in [9.17, 15) is 9.59 Å². The number of rotatable bonds is 6. The molecule has 0 fully saturated rings. The molecule has 0 radical (unpaired) electrons. The molecular formula is C10H13N5O2. The SMILES string of the molecule is [N-]=[N+]=NCCCCNC(=O)c1cccc(=O)[nH]1. The predicted molar refractivity (Wildman–Crippen MR) is 62.6 cm³/mol. The van der Waals surface area contributed by atoms with Crippen LogP contribution in [0.5, 0.6) is 0 Å². The summed E-state index contributed by atoms with van der Waals surface area (Å²) in [6.45, 7) is 0.908. The summed E-state index contributed by atoms with van der Waals surface area (Å²) in [6.07, 6.45) is 1.44. The van der Waals surface area contributed by atoms with E-state index in [2.05, 4.69) is 20.3 Å². The first kappa shape index (κ1) is 12.8. The van der Waals surface area contributed by atoms with E-state index in [0.717, 1.165) is 12.8 Å². The van der Waals surface area contributed by atoms with Crippen LogP contribution in [-0.4, -0.2) is 24.0 Å². The van der Waals surface area contributed by atoms with E-state index >= 15 is 0 Å². The second kappa shape index (κ2) is 7.08. The van der Waals surface area contributed by atoms with Gasteiger partial charge in [-0.15, -0.1) is 0 Å². The summed E-state index contributed by atoms with van der Waals surface area (Å²) in [4.78, 5) is 27.5. The minimum absolute atomic E-state index is 0.243. The van der Waals surface area contributed by atoms with Crippen LogP contribution in [0.3, 0.4) is 0 Å². The third-order valence-electron chi connectivity index (χ3n) is 2.05. The molecule has 1 aromatic rings. The van der Waals surface area contributed by atoms with Gasteiger partial charge in [0.2, 0.25) is 5.56 Å². The van der Waals surface area contributed by atoms with Gasteiger partial charge in [0.1, 0.15) is 5.69 Å². The van der Waals surface area contributed by atoms with Gasteiger partial charge in [-0.05, 0) is 24.4 Å². The Labute approximate surface area is 97.5 Å². The lowest BCUT2D eigenvalue weighted by Gasteiger charge is -2.03. The van der Waals surface area contributed by atoms with Gasteiger partial charge in [0.15, 0.2) is 0 Å². The summed E-state index contributed by atoms with van der Waals surface area (Å²) >= 11 is 0. The van der Waals surface area contributed by atoms with Gasteiger partial charge in [0.25, 0.3) is 5.91 Å². The number of amides is 1. The fourth-order valence-corrected chi connectivity index (χ4v) is 1.23. The molecule has 0 aliphatic rings. The Hall–Kier alpha value is -2.27. The smallest absolute Gasteiger partial charge is 0.267 e. The minimum atomic E-state index is -0.313. The summed E-state index contributed by atoms with van der Waals surface area (Å²) in [5, 5.41) is 6.04. The van der Waals surface area contributed by atoms with Crippen molar-refractivity contribution < 1.29 is 4.79 Å². The number of carbonyl (C=O) groups is 1. The Kier molecular flexibility index (Phi) is 5.33. The molecule has 17 heavy (non-hydrogen) atoms. The number of aromatic amines is 1. The number of nitrogens with zero attached hydrogens (tertiary/aromatic N) is 3. The first-order chi connectivity index (χ1) is 8.24. The molecule has 90 valence electrons. The Morgan fingerprint density at radius 3 is 3.00 bits per heavy atom. The van der Waals surface area contributed by atoms with Crippen molar-refractivity contribution in [2.75, 3.05) is 13.1 Å². The van der Waals surface area contributed by atoms with E-state index in [1.165, 1.54) is 18.2 Å². The molecule has 1 amide bonds. The lowest BCUT2D eigenvalue weighted by Crippen LogP contribution is -2.27. The highest BCUT2D eigenvalue weighted by molar-refractivity contribution is 5.92. The summed E-state index contributed by atoms with van der Waals surface area (Å²) in [5.74, 6) is -0.313. The van der Waals surface area contributed by atoms with E-state index < -0.39 is 0 Å². The molecule has 7 nitrogen and oxygen atoms in total. The van der Waals surface area contributed by atoms with Crippen molar-refractivity contribution in [3.8, 4) is 0 Å². The number of nitrogens with one attached hydrogen (secondary N) is 2. The van der Waals surface area contributed by atoms with Crippen LogP contribution in [0.4, 0.5) is 0 Å². The molecule has 0 unspecified atom stereocenters. The van der Waals surface area contributed by atoms with Crippen LogP contribution in [-0.2, 0) is 0 Å². The molecule has 0 aliphatic carbocycles. The van der Waals surface area contributed by atoms with Crippen molar-refractivity contribution in [2.24, 2.45) is 5.11 Å². The largest absolute Gasteiger partial charge is 0.351 e. The summed E-state index contributed by atoms with van der Waals surface area (Å²) in [7, 11) is 0. The number of pyridine rings is 1. The molecule has 0 bridgehead atoms. The number of hydrogen-bond donors (Lipinski definition) is 2. The van der Waals surface area contributed by atoms with Crippen LogP contribution in [0.15, 0.2) is 28.1 Å². The van der Waals surface area contributed by atoms with Crippen LogP contribution < -0.4 is 10.9 Å². The summed E-state index contributed by atoms with van der Waals surface area (Å²) in [5.41, 5.74) is 7.98. The fraction of sp³-hybridized carbons (Fsp3) is 0.400. The number of unbranched alkanes of at least 4 members (excludes halogenated alkanes) is 1. The van der Waals surface area contributed by atoms with Crippen molar-refractivity contribution in [1.29, 1.82) is 0 Å². The van der Waals surface area contributed by atoms with Gasteiger partial charge >= 0.3 is 0 Å². The van der Waals surface area contributed by atoms with Crippen molar-refractivity contribution in [1.82, 2.24) is 10.3 Å². The molecule has 0 aromatic carbocycles. The van der Waals surface area contributed by atoms with Gasteiger partial charge in [-0.3, -0.25) is 9.59 Å². The first-order valence-corrected chi connectivity index (χ1v) is 5.22. The van der Waals surface area contributed by atoms with Crippen LogP contribution >= 0.6 is 0 Å². The third-order valence-corrected chi connectivity index (χ3v) is 2.05. The molecule has 0 aliphatic heterocycles. The molecule has 0 saturated heterocycles. The van der Waals surface area contributed by atoms with Crippen LogP contribution in [0.2, 0.25) is 0 Å². The highest BCUT2D eigenvalue weighted by atomic mass is 16.2. The van der Waals surface area contributed by atoms with Gasteiger partial charge in [0, 0.05) is 24.1 Å². The Morgan fingerprint density at radius 1 is 1.47 bits per heavy atom. The third kappa shape index (κ3) is 4.85. The molecule has 2 N–H and O–H groups in total. The average molecular weight is 235 g/mol. The Balaban J connectivity index is 2.30. The second-order valence-electron chi connectivity index (χ2n) is 3.35. The maximum atomic E-state index is 11.5. The van der Waals surface area contributed by atoms with E-state index in [0.29, 0.717) is 13.1 Å². The van der Waals surface area contributed by atoms with Gasteiger partial charge in [0.05, 0.1) is 0 Å². The Morgan fingerprint density at radius 2 is 2.29 bits per heavy atom. The molecular weight excluding hydrogens is 222 g/mol. The van der Waals surface area contributed by atoms with Gasteiger partial charge in [-0.25, -0.2) is 0 Å². The number of H-pyrrole nitrogens is 1. The highest BCUT2D eigenvalue weighted by Gasteiger charge is 2.04. The normalized spacial score (nSPS) is 9.41. The monoisotopic (exact) mass is 235 g/mol. The van der Waals surface area contributed by atoms with Crippen LogP contribution in [0.25, 0.3) is 10.4 Å². The molecule has 1 heterocycles. The number of azide groups is 1. The predicted octanol–water partition coefficient (Wildman–Crippen LogP) is 1.20. The lowest BCUT2D eigenvalue weighted by molar-refractivity contribution is 0.0948. The van der Waals surface area contributed by atoms with E-state index in [1.54, 1.807) is 0 Å². The molecule has 0 atom stereocenters. The van der Waals surface area contributed by atoms with Crippen molar-refractivity contribution >= 4 is 5.91 Å². The molecule has 7 heteroatoms. The summed E-state index contributed by atoms with van der Waals surface area (Å²) in [6, 6.07) is 4.41. The van der Waals surface area contributed by atoms with Crippen molar-refractivity contribution in [3.05, 3.63) is 44.7 Å². The number of aromatic nitrogens is 1. The highest BCUT2D eigenvalue weighted by Crippen LogP contribution is 1.92. The molecule has 1 aromatic heterocycles.